The van der Waals surface area contributed by atoms with Gasteiger partial charge in [0.2, 0.25) is 0 Å². The van der Waals surface area contributed by atoms with E-state index in [0.717, 1.165) is 18.4 Å². The maximum absolute atomic E-state index is 13.1. The molecular weight excluding hydrogens is 263 g/mol. The van der Waals surface area contributed by atoms with Gasteiger partial charge >= 0.3 is 0 Å². The molecule has 1 aliphatic rings. The van der Waals surface area contributed by atoms with E-state index in [-0.39, 0.29) is 23.3 Å². The van der Waals surface area contributed by atoms with Gasteiger partial charge in [-0.05, 0) is 54.5 Å². The van der Waals surface area contributed by atoms with Gasteiger partial charge in [0, 0.05) is 17.9 Å². The minimum atomic E-state index is -0.191. The Kier molecular flexibility index (Phi) is 3.40. The van der Waals surface area contributed by atoms with Crippen molar-refractivity contribution < 1.29 is 4.39 Å². The highest BCUT2D eigenvalue weighted by molar-refractivity contribution is 5.32. The fourth-order valence-electron chi connectivity index (χ4n) is 3.52. The first-order valence-electron chi connectivity index (χ1n) is 7.58. The second kappa shape index (κ2) is 4.99. The number of benzene rings is 1. The molecule has 1 heterocycles. The van der Waals surface area contributed by atoms with Gasteiger partial charge in [-0.15, -0.1) is 0 Å². The maximum atomic E-state index is 13.1. The summed E-state index contributed by atoms with van der Waals surface area (Å²) in [6.45, 7) is 6.70. The van der Waals surface area contributed by atoms with Crippen LogP contribution in [0, 0.1) is 11.2 Å². The highest BCUT2D eigenvalue weighted by Crippen LogP contribution is 2.41. The van der Waals surface area contributed by atoms with E-state index in [9.17, 15) is 4.39 Å². The summed E-state index contributed by atoms with van der Waals surface area (Å²) in [6.07, 6.45) is 4.18. The summed E-state index contributed by atoms with van der Waals surface area (Å²) in [5, 5.41) is 0. The Morgan fingerprint density at radius 2 is 1.90 bits per heavy atom. The van der Waals surface area contributed by atoms with Gasteiger partial charge in [-0.25, -0.2) is 4.39 Å². The zero-order chi connectivity index (χ0) is 15.2. The molecule has 1 aromatic carbocycles. The van der Waals surface area contributed by atoms with Gasteiger partial charge in [0.05, 0.1) is 6.04 Å². The third-order valence-corrected chi connectivity index (χ3v) is 4.65. The van der Waals surface area contributed by atoms with Gasteiger partial charge in [0.1, 0.15) is 5.82 Å². The van der Waals surface area contributed by atoms with Crippen LogP contribution in [0.1, 0.15) is 56.1 Å². The van der Waals surface area contributed by atoms with Gasteiger partial charge in [0.15, 0.2) is 0 Å². The second-order valence-electron chi connectivity index (χ2n) is 7.00. The molecule has 1 aliphatic carbocycles. The van der Waals surface area contributed by atoms with Crippen LogP contribution >= 0.6 is 0 Å². The van der Waals surface area contributed by atoms with E-state index in [2.05, 4.69) is 37.6 Å². The topological polar surface area (TPSA) is 30.9 Å². The number of rotatable bonds is 2. The molecule has 2 nitrogen and oxygen atoms in total. The molecule has 2 atom stereocenters. The van der Waals surface area contributed by atoms with Gasteiger partial charge in [-0.2, -0.15) is 0 Å². The molecule has 0 amide bonds. The van der Waals surface area contributed by atoms with E-state index in [1.807, 2.05) is 12.1 Å². The molecule has 0 spiro atoms. The van der Waals surface area contributed by atoms with Gasteiger partial charge in [0.25, 0.3) is 0 Å². The monoisotopic (exact) mass is 286 g/mol. The average Bonchev–Trinajstić information content (AvgIpc) is 2.81. The van der Waals surface area contributed by atoms with Crippen LogP contribution in [0.3, 0.4) is 0 Å². The number of hydrogen-bond acceptors (Lipinski definition) is 1. The SMILES string of the molecule is CC(c1ccc(F)cc1)n1ccc2c1CC(C)(C)CC2N. The summed E-state index contributed by atoms with van der Waals surface area (Å²) in [5.74, 6) is -0.191. The molecule has 2 N–H and O–H groups in total. The Balaban J connectivity index is 1.99. The predicted molar refractivity (Wildman–Crippen MR) is 83.7 cm³/mol. The molecule has 2 unspecified atom stereocenters. The summed E-state index contributed by atoms with van der Waals surface area (Å²) < 4.78 is 15.4. The average molecular weight is 286 g/mol. The Labute approximate surface area is 125 Å². The number of aromatic nitrogens is 1. The molecule has 2 aromatic rings. The van der Waals surface area contributed by atoms with Crippen molar-refractivity contribution >= 4 is 0 Å². The Bertz CT molecular complexity index is 640. The van der Waals surface area contributed by atoms with Crippen molar-refractivity contribution in [2.75, 3.05) is 0 Å². The predicted octanol–water partition coefficient (Wildman–Crippen LogP) is 4.21. The fourth-order valence-corrected chi connectivity index (χ4v) is 3.52. The molecular formula is C18H23FN2. The summed E-state index contributed by atoms with van der Waals surface area (Å²) in [5.41, 5.74) is 10.3. The molecule has 0 bridgehead atoms. The Morgan fingerprint density at radius 1 is 1.24 bits per heavy atom. The summed E-state index contributed by atoms with van der Waals surface area (Å²) in [4.78, 5) is 0. The summed E-state index contributed by atoms with van der Waals surface area (Å²) in [6, 6.07) is 9.23. The standard InChI is InChI=1S/C18H23FN2/c1-12(13-4-6-14(19)7-5-13)21-9-8-15-16(20)10-18(2,3)11-17(15)21/h4-9,12,16H,10-11,20H2,1-3H3. The van der Waals surface area contributed by atoms with Crippen LogP contribution in [0.2, 0.25) is 0 Å². The van der Waals surface area contributed by atoms with Gasteiger partial charge < -0.3 is 10.3 Å². The first-order valence-corrected chi connectivity index (χ1v) is 7.58. The first kappa shape index (κ1) is 14.3. The van der Waals surface area contributed by atoms with Crippen molar-refractivity contribution in [3.63, 3.8) is 0 Å². The molecule has 21 heavy (non-hydrogen) atoms. The van der Waals surface area contributed by atoms with E-state index in [4.69, 9.17) is 5.73 Å². The Hall–Kier alpha value is -1.61. The molecule has 0 saturated heterocycles. The van der Waals surface area contributed by atoms with Crippen molar-refractivity contribution in [1.82, 2.24) is 4.57 Å². The quantitative estimate of drug-likeness (QED) is 0.881. The van der Waals surface area contributed by atoms with Gasteiger partial charge in [-0.1, -0.05) is 26.0 Å². The summed E-state index contributed by atoms with van der Waals surface area (Å²) in [7, 11) is 0. The summed E-state index contributed by atoms with van der Waals surface area (Å²) >= 11 is 0. The number of nitrogens with two attached hydrogens (primary N) is 1. The molecule has 0 fully saturated rings. The van der Waals surface area contributed by atoms with E-state index < -0.39 is 0 Å². The lowest BCUT2D eigenvalue weighted by atomic mass is 9.74. The number of fused-ring (bicyclic) bond motifs is 1. The minimum absolute atomic E-state index is 0.116. The zero-order valence-electron chi connectivity index (χ0n) is 12.9. The smallest absolute Gasteiger partial charge is 0.123 e. The molecule has 0 aliphatic heterocycles. The molecule has 0 saturated carbocycles. The molecule has 1 aromatic heterocycles. The number of hydrogen-bond donors (Lipinski definition) is 1. The third-order valence-electron chi connectivity index (χ3n) is 4.65. The van der Waals surface area contributed by atoms with Crippen LogP contribution in [0.5, 0.6) is 0 Å². The minimum Gasteiger partial charge on any atom is -0.344 e. The largest absolute Gasteiger partial charge is 0.344 e. The van der Waals surface area contributed by atoms with Crippen LogP contribution in [0.25, 0.3) is 0 Å². The lowest BCUT2D eigenvalue weighted by Gasteiger charge is -2.35. The highest BCUT2D eigenvalue weighted by atomic mass is 19.1. The van der Waals surface area contributed by atoms with Crippen molar-refractivity contribution in [2.45, 2.75) is 45.7 Å². The Morgan fingerprint density at radius 3 is 2.57 bits per heavy atom. The van der Waals surface area contributed by atoms with E-state index in [0.29, 0.717) is 0 Å². The van der Waals surface area contributed by atoms with Crippen molar-refractivity contribution in [2.24, 2.45) is 11.1 Å². The number of halogens is 1. The molecule has 112 valence electrons. The second-order valence-corrected chi connectivity index (χ2v) is 7.00. The van der Waals surface area contributed by atoms with E-state index in [1.165, 1.54) is 23.4 Å². The lowest BCUT2D eigenvalue weighted by Crippen LogP contribution is -2.31. The number of nitrogens with zero attached hydrogens (tertiary/aromatic N) is 1. The van der Waals surface area contributed by atoms with Crippen molar-refractivity contribution in [3.05, 3.63) is 59.2 Å². The fraction of sp³-hybridized carbons (Fsp3) is 0.444. The third kappa shape index (κ3) is 2.62. The maximum Gasteiger partial charge on any atom is 0.123 e. The molecule has 0 radical (unpaired) electrons. The normalized spacial score (nSPS) is 21.9. The van der Waals surface area contributed by atoms with Crippen LogP contribution in [-0.2, 0) is 6.42 Å². The highest BCUT2D eigenvalue weighted by Gasteiger charge is 2.33. The first-order chi connectivity index (χ1) is 9.87. The lowest BCUT2D eigenvalue weighted by molar-refractivity contribution is 0.274. The molecule has 3 rings (SSSR count). The van der Waals surface area contributed by atoms with Crippen LogP contribution in [0.4, 0.5) is 4.39 Å². The van der Waals surface area contributed by atoms with Crippen LogP contribution in [0.15, 0.2) is 36.5 Å². The van der Waals surface area contributed by atoms with Crippen LogP contribution in [-0.4, -0.2) is 4.57 Å². The van der Waals surface area contributed by atoms with E-state index in [1.54, 1.807) is 0 Å². The van der Waals surface area contributed by atoms with Crippen molar-refractivity contribution in [1.29, 1.82) is 0 Å². The van der Waals surface area contributed by atoms with E-state index >= 15 is 0 Å². The van der Waals surface area contributed by atoms with Gasteiger partial charge in [-0.3, -0.25) is 0 Å². The van der Waals surface area contributed by atoms with Crippen molar-refractivity contribution in [3.8, 4) is 0 Å². The zero-order valence-corrected chi connectivity index (χ0v) is 12.9. The van der Waals surface area contributed by atoms with Crippen LogP contribution < -0.4 is 5.73 Å². The molecule has 3 heteroatoms.